The van der Waals surface area contributed by atoms with Gasteiger partial charge in [-0.2, -0.15) is 5.10 Å². The van der Waals surface area contributed by atoms with Gasteiger partial charge in [0.25, 0.3) is 5.91 Å². The highest BCUT2D eigenvalue weighted by Gasteiger charge is 2.23. The van der Waals surface area contributed by atoms with Crippen LogP contribution in [0.3, 0.4) is 0 Å². The lowest BCUT2D eigenvalue weighted by Crippen LogP contribution is -2.49. The van der Waals surface area contributed by atoms with Gasteiger partial charge in [0.2, 0.25) is 0 Å². The topological polar surface area (TPSA) is 55.8 Å². The quantitative estimate of drug-likeness (QED) is 0.831. The molecule has 0 saturated carbocycles. The van der Waals surface area contributed by atoms with Crippen LogP contribution in [0, 0.1) is 0 Å². The second kappa shape index (κ2) is 7.59. The predicted molar refractivity (Wildman–Crippen MR) is 105 cm³/mol. The second-order valence-corrected chi connectivity index (χ2v) is 6.89. The number of piperazine rings is 1. The molecule has 1 fully saturated rings. The summed E-state index contributed by atoms with van der Waals surface area (Å²) >= 11 is 0. The van der Waals surface area contributed by atoms with Crippen molar-refractivity contribution in [3.8, 4) is 0 Å². The highest BCUT2D eigenvalue weighted by atomic mass is 16.2. The van der Waals surface area contributed by atoms with Crippen LogP contribution in [0.25, 0.3) is 0 Å². The zero-order chi connectivity index (χ0) is 18.7. The Labute approximate surface area is 154 Å². The van der Waals surface area contributed by atoms with Crippen LogP contribution in [0.4, 0.5) is 17.2 Å². The third-order valence-electron chi connectivity index (χ3n) is 4.64. The number of amides is 1. The van der Waals surface area contributed by atoms with Crippen LogP contribution in [0.1, 0.15) is 10.4 Å². The van der Waals surface area contributed by atoms with E-state index in [1.54, 1.807) is 6.20 Å². The first-order valence-corrected chi connectivity index (χ1v) is 8.77. The Morgan fingerprint density at radius 2 is 1.65 bits per heavy atom. The molecule has 26 heavy (non-hydrogen) atoms. The summed E-state index contributed by atoms with van der Waals surface area (Å²) in [5, 5.41) is 8.34. The molecule has 0 spiro atoms. The molecule has 1 saturated heterocycles. The average molecular weight is 354 g/mol. The summed E-state index contributed by atoms with van der Waals surface area (Å²) < 4.78 is 0. The maximum atomic E-state index is 12.8. The molecule has 0 aliphatic carbocycles. The molecular weight excluding hydrogens is 328 g/mol. The van der Waals surface area contributed by atoms with Crippen molar-refractivity contribution in [2.24, 2.45) is 0 Å². The molecule has 1 aliphatic heterocycles. The number of aromatic nitrogens is 2. The number of hydrogen-bond donors (Lipinski definition) is 0. The fraction of sp³-hybridized carbons (Fsp3) is 0.421. The maximum Gasteiger partial charge on any atom is 0.254 e. The van der Waals surface area contributed by atoms with Gasteiger partial charge in [-0.25, -0.2) is 0 Å². The first kappa shape index (κ1) is 18.0. The third-order valence-corrected chi connectivity index (χ3v) is 4.64. The summed E-state index contributed by atoms with van der Waals surface area (Å²) in [6.45, 7) is 2.87. The van der Waals surface area contributed by atoms with E-state index < -0.39 is 0 Å². The largest absolute Gasteiger partial charge is 0.378 e. The number of carbonyl (C=O) groups is 1. The molecule has 138 valence electrons. The van der Waals surface area contributed by atoms with Crippen molar-refractivity contribution in [2.45, 2.75) is 0 Å². The molecule has 0 atom stereocenters. The zero-order valence-corrected chi connectivity index (χ0v) is 15.9. The maximum absolute atomic E-state index is 12.8. The minimum atomic E-state index is 0.0847. The fourth-order valence-electron chi connectivity index (χ4n) is 2.98. The summed E-state index contributed by atoms with van der Waals surface area (Å²) in [5.74, 6) is 0.944. The molecule has 0 unspecified atom stereocenters. The van der Waals surface area contributed by atoms with Crippen molar-refractivity contribution in [3.05, 3.63) is 42.1 Å². The standard InChI is InChI=1S/C19H26N6O/c1-22(2)16-7-5-6-15(12-16)19(26)25-10-8-24(9-11-25)18-13-17(23(3)4)14-20-21-18/h5-7,12-14H,8-11H2,1-4H3. The first-order chi connectivity index (χ1) is 12.5. The molecule has 2 aromatic rings. The van der Waals surface area contributed by atoms with Crippen LogP contribution in [0.15, 0.2) is 36.5 Å². The number of rotatable bonds is 4. The summed E-state index contributed by atoms with van der Waals surface area (Å²) in [4.78, 5) is 20.9. The minimum absolute atomic E-state index is 0.0847. The molecule has 1 aliphatic rings. The van der Waals surface area contributed by atoms with Crippen LogP contribution in [0.2, 0.25) is 0 Å². The Bertz CT molecular complexity index is 768. The molecule has 1 aromatic heterocycles. The zero-order valence-electron chi connectivity index (χ0n) is 15.9. The Kier molecular flexibility index (Phi) is 5.25. The van der Waals surface area contributed by atoms with Crippen molar-refractivity contribution in [1.82, 2.24) is 15.1 Å². The monoisotopic (exact) mass is 354 g/mol. The van der Waals surface area contributed by atoms with Gasteiger partial charge in [0.1, 0.15) is 0 Å². The van der Waals surface area contributed by atoms with Crippen LogP contribution < -0.4 is 14.7 Å². The number of benzene rings is 1. The third kappa shape index (κ3) is 3.87. The lowest BCUT2D eigenvalue weighted by atomic mass is 10.1. The smallest absolute Gasteiger partial charge is 0.254 e. The molecule has 0 N–H and O–H groups in total. The second-order valence-electron chi connectivity index (χ2n) is 6.89. The molecular formula is C19H26N6O. The molecule has 3 rings (SSSR count). The molecule has 2 heterocycles. The van der Waals surface area contributed by atoms with Gasteiger partial charge < -0.3 is 19.6 Å². The van der Waals surface area contributed by atoms with E-state index in [9.17, 15) is 4.79 Å². The van der Waals surface area contributed by atoms with Crippen LogP contribution in [-0.2, 0) is 0 Å². The molecule has 7 nitrogen and oxygen atoms in total. The van der Waals surface area contributed by atoms with Crippen molar-refractivity contribution in [1.29, 1.82) is 0 Å². The van der Waals surface area contributed by atoms with Crippen molar-refractivity contribution < 1.29 is 4.79 Å². The molecule has 0 radical (unpaired) electrons. The highest BCUT2D eigenvalue weighted by Crippen LogP contribution is 2.20. The lowest BCUT2D eigenvalue weighted by Gasteiger charge is -2.35. The van der Waals surface area contributed by atoms with Gasteiger partial charge in [-0.15, -0.1) is 5.10 Å². The van der Waals surface area contributed by atoms with Crippen LogP contribution >= 0.6 is 0 Å². The molecule has 1 aromatic carbocycles. The summed E-state index contributed by atoms with van der Waals surface area (Å²) in [7, 11) is 7.93. The molecule has 7 heteroatoms. The van der Waals surface area contributed by atoms with E-state index in [0.717, 1.165) is 35.8 Å². The van der Waals surface area contributed by atoms with Gasteiger partial charge in [0.15, 0.2) is 5.82 Å². The van der Waals surface area contributed by atoms with E-state index in [1.807, 2.05) is 73.2 Å². The minimum Gasteiger partial charge on any atom is -0.378 e. The van der Waals surface area contributed by atoms with Gasteiger partial charge >= 0.3 is 0 Å². The summed E-state index contributed by atoms with van der Waals surface area (Å²) in [6.07, 6.45) is 1.75. The van der Waals surface area contributed by atoms with Gasteiger partial charge in [0.05, 0.1) is 11.9 Å². The number of hydrogen-bond acceptors (Lipinski definition) is 6. The number of carbonyl (C=O) groups excluding carboxylic acids is 1. The van der Waals surface area contributed by atoms with Crippen molar-refractivity contribution >= 4 is 23.1 Å². The SMILES string of the molecule is CN(C)c1cccc(C(=O)N2CCN(c3cc(N(C)C)cnn3)CC2)c1. The van der Waals surface area contributed by atoms with E-state index in [-0.39, 0.29) is 5.91 Å². The van der Waals surface area contributed by atoms with E-state index >= 15 is 0 Å². The first-order valence-electron chi connectivity index (χ1n) is 8.77. The summed E-state index contributed by atoms with van der Waals surface area (Å²) in [5.41, 5.74) is 2.79. The highest BCUT2D eigenvalue weighted by molar-refractivity contribution is 5.95. The number of anilines is 3. The number of nitrogens with zero attached hydrogens (tertiary/aromatic N) is 6. The normalized spacial score (nSPS) is 14.3. The fourth-order valence-corrected chi connectivity index (χ4v) is 2.98. The lowest BCUT2D eigenvalue weighted by molar-refractivity contribution is 0.0746. The van der Waals surface area contributed by atoms with Crippen molar-refractivity contribution in [3.63, 3.8) is 0 Å². The van der Waals surface area contributed by atoms with Crippen LogP contribution in [0.5, 0.6) is 0 Å². The van der Waals surface area contributed by atoms with E-state index in [2.05, 4.69) is 15.1 Å². The molecule has 0 bridgehead atoms. The molecule has 1 amide bonds. The Morgan fingerprint density at radius 1 is 0.962 bits per heavy atom. The Balaban J connectivity index is 1.66. The van der Waals surface area contributed by atoms with E-state index in [0.29, 0.717) is 13.1 Å². The van der Waals surface area contributed by atoms with E-state index in [4.69, 9.17) is 0 Å². The Morgan fingerprint density at radius 3 is 2.31 bits per heavy atom. The van der Waals surface area contributed by atoms with Crippen LogP contribution in [-0.4, -0.2) is 75.4 Å². The average Bonchev–Trinajstić information content (AvgIpc) is 2.67. The predicted octanol–water partition coefficient (Wildman–Crippen LogP) is 1.57. The van der Waals surface area contributed by atoms with E-state index in [1.165, 1.54) is 0 Å². The van der Waals surface area contributed by atoms with Crippen molar-refractivity contribution in [2.75, 3.05) is 69.1 Å². The van der Waals surface area contributed by atoms with Gasteiger partial charge in [-0.3, -0.25) is 4.79 Å². The van der Waals surface area contributed by atoms with Gasteiger partial charge in [-0.05, 0) is 18.2 Å². The van der Waals surface area contributed by atoms with Gasteiger partial charge in [-0.1, -0.05) is 6.07 Å². The Hall–Kier alpha value is -2.83. The van der Waals surface area contributed by atoms with Gasteiger partial charge in [0, 0.05) is 71.7 Å². The summed E-state index contributed by atoms with van der Waals surface area (Å²) in [6, 6.07) is 9.80.